The number of hydrogen-bond acceptors (Lipinski definition) is 1. The van der Waals surface area contributed by atoms with Gasteiger partial charge in [-0.15, -0.1) is 0 Å². The molecule has 0 amide bonds. The third kappa shape index (κ3) is 1.52. The van der Waals surface area contributed by atoms with E-state index >= 15 is 0 Å². The highest BCUT2D eigenvalue weighted by molar-refractivity contribution is 5.88. The lowest BCUT2D eigenvalue weighted by Gasteiger charge is -2.38. The first-order chi connectivity index (χ1) is 8.62. The maximum absolute atomic E-state index is 11.5. The molecule has 3 rings (SSSR count). The molecule has 2 heteroatoms. The summed E-state index contributed by atoms with van der Waals surface area (Å²) in [7, 11) is 0. The molecule has 0 unspecified atom stereocenters. The molecule has 1 N–H and O–H groups in total. The van der Waals surface area contributed by atoms with Crippen LogP contribution >= 0.6 is 0 Å². The minimum absolute atomic E-state index is 0.626. The van der Waals surface area contributed by atoms with E-state index in [4.69, 9.17) is 0 Å². The maximum atomic E-state index is 11.5. The van der Waals surface area contributed by atoms with E-state index in [1.807, 2.05) is 18.2 Å². The Morgan fingerprint density at radius 2 is 1.78 bits per heavy atom. The lowest BCUT2D eigenvalue weighted by atomic mass is 9.64. The number of fused-ring (bicyclic) bond motifs is 1. The van der Waals surface area contributed by atoms with Gasteiger partial charge in [-0.05, 0) is 36.1 Å². The average molecular weight is 240 g/mol. The highest BCUT2D eigenvalue weighted by Gasteiger charge is 2.45. The van der Waals surface area contributed by atoms with Crippen molar-refractivity contribution in [3.05, 3.63) is 47.5 Å². The Kier molecular flexibility index (Phi) is 2.40. The van der Waals surface area contributed by atoms with Gasteiger partial charge in [-0.3, -0.25) is 4.79 Å². The number of hydrogen-bond donors (Lipinski definition) is 1. The summed E-state index contributed by atoms with van der Waals surface area (Å²) in [6.45, 7) is 2.07. The average Bonchev–Trinajstić information content (AvgIpc) is 2.27. The molecule has 1 aliphatic rings. The molecule has 1 aliphatic carbocycles. The van der Waals surface area contributed by atoms with Gasteiger partial charge in [0, 0.05) is 0 Å². The second kappa shape index (κ2) is 3.84. The summed E-state index contributed by atoms with van der Waals surface area (Å²) >= 11 is 0. The van der Waals surface area contributed by atoms with Gasteiger partial charge in [-0.25, -0.2) is 0 Å². The van der Waals surface area contributed by atoms with Gasteiger partial charge >= 0.3 is 5.97 Å². The molecule has 18 heavy (non-hydrogen) atoms. The molecule has 0 atom stereocenters. The third-order valence-corrected chi connectivity index (χ3v) is 4.16. The first-order valence-corrected chi connectivity index (χ1v) is 6.36. The highest BCUT2D eigenvalue weighted by Crippen LogP contribution is 2.44. The Labute approximate surface area is 106 Å². The molecule has 0 aromatic heterocycles. The summed E-state index contributed by atoms with van der Waals surface area (Å²) in [4.78, 5) is 11.5. The fourth-order valence-corrected chi connectivity index (χ4v) is 2.82. The van der Waals surface area contributed by atoms with E-state index in [2.05, 4.69) is 25.1 Å². The fourth-order valence-electron chi connectivity index (χ4n) is 2.82. The van der Waals surface area contributed by atoms with Crippen molar-refractivity contribution in [3.63, 3.8) is 0 Å². The summed E-state index contributed by atoms with van der Waals surface area (Å²) in [5.74, 6) is -0.680. The summed E-state index contributed by atoms with van der Waals surface area (Å²) in [6, 6.07) is 12.3. The minimum Gasteiger partial charge on any atom is -0.481 e. The summed E-state index contributed by atoms with van der Waals surface area (Å²) in [5.41, 5.74) is 1.56. The number of benzene rings is 2. The van der Waals surface area contributed by atoms with Crippen molar-refractivity contribution < 1.29 is 9.90 Å². The van der Waals surface area contributed by atoms with E-state index in [0.717, 1.165) is 30.2 Å². The molecule has 1 saturated carbocycles. The van der Waals surface area contributed by atoms with Crippen LogP contribution in [-0.2, 0) is 10.2 Å². The standard InChI is InChI=1S/C16H16O2/c1-11-3-4-13-10-14(6-5-12(13)9-11)16(15(17)18)7-2-8-16/h3-6,9-10H,2,7-8H2,1H3,(H,17,18). The molecule has 0 aliphatic heterocycles. The first kappa shape index (κ1) is 11.3. The van der Waals surface area contributed by atoms with Crippen LogP contribution in [0, 0.1) is 6.92 Å². The van der Waals surface area contributed by atoms with Gasteiger partial charge in [0.25, 0.3) is 0 Å². The van der Waals surface area contributed by atoms with Crippen molar-refractivity contribution in [1.29, 1.82) is 0 Å². The van der Waals surface area contributed by atoms with Crippen molar-refractivity contribution in [2.75, 3.05) is 0 Å². The number of aliphatic carboxylic acids is 1. The van der Waals surface area contributed by atoms with Gasteiger partial charge in [-0.2, -0.15) is 0 Å². The van der Waals surface area contributed by atoms with Crippen LogP contribution in [0.3, 0.4) is 0 Å². The van der Waals surface area contributed by atoms with E-state index in [1.54, 1.807) is 0 Å². The predicted octanol–water partition coefficient (Wildman–Crippen LogP) is 3.65. The van der Waals surface area contributed by atoms with Crippen molar-refractivity contribution in [2.24, 2.45) is 0 Å². The monoisotopic (exact) mass is 240 g/mol. The van der Waals surface area contributed by atoms with Crippen LogP contribution < -0.4 is 0 Å². The van der Waals surface area contributed by atoms with Crippen molar-refractivity contribution in [3.8, 4) is 0 Å². The zero-order valence-electron chi connectivity index (χ0n) is 10.4. The normalized spacial score (nSPS) is 17.4. The molecular weight excluding hydrogens is 224 g/mol. The maximum Gasteiger partial charge on any atom is 0.314 e. The summed E-state index contributed by atoms with van der Waals surface area (Å²) in [5, 5.41) is 11.8. The number of rotatable bonds is 2. The zero-order valence-corrected chi connectivity index (χ0v) is 10.4. The van der Waals surface area contributed by atoms with Crippen LogP contribution in [0.25, 0.3) is 10.8 Å². The van der Waals surface area contributed by atoms with E-state index in [1.165, 1.54) is 10.9 Å². The Bertz CT molecular complexity index is 624. The number of carboxylic acid groups (broad SMARTS) is 1. The SMILES string of the molecule is Cc1ccc2cc(C3(C(=O)O)CCC3)ccc2c1. The smallest absolute Gasteiger partial charge is 0.314 e. The minimum atomic E-state index is -0.680. The molecule has 0 bridgehead atoms. The molecule has 2 aromatic carbocycles. The predicted molar refractivity (Wildman–Crippen MR) is 71.8 cm³/mol. The number of carbonyl (C=O) groups is 1. The Hall–Kier alpha value is -1.83. The Morgan fingerprint density at radius 3 is 2.39 bits per heavy atom. The van der Waals surface area contributed by atoms with Crippen molar-refractivity contribution >= 4 is 16.7 Å². The van der Waals surface area contributed by atoms with E-state index in [0.29, 0.717) is 0 Å². The molecular formula is C16H16O2. The van der Waals surface area contributed by atoms with Gasteiger partial charge in [0.1, 0.15) is 0 Å². The van der Waals surface area contributed by atoms with Crippen LogP contribution in [0.15, 0.2) is 36.4 Å². The van der Waals surface area contributed by atoms with Crippen molar-refractivity contribution in [2.45, 2.75) is 31.6 Å². The van der Waals surface area contributed by atoms with Gasteiger partial charge in [-0.1, -0.05) is 48.4 Å². The molecule has 92 valence electrons. The van der Waals surface area contributed by atoms with Crippen LogP contribution in [0.2, 0.25) is 0 Å². The lowest BCUT2D eigenvalue weighted by molar-refractivity contribution is -0.147. The number of aryl methyl sites for hydroxylation is 1. The highest BCUT2D eigenvalue weighted by atomic mass is 16.4. The fraction of sp³-hybridized carbons (Fsp3) is 0.312. The largest absolute Gasteiger partial charge is 0.481 e. The first-order valence-electron chi connectivity index (χ1n) is 6.36. The Morgan fingerprint density at radius 1 is 1.11 bits per heavy atom. The molecule has 2 nitrogen and oxygen atoms in total. The molecule has 2 aromatic rings. The molecule has 0 radical (unpaired) electrons. The second-order valence-electron chi connectivity index (χ2n) is 5.31. The number of carboxylic acids is 1. The van der Waals surface area contributed by atoms with Crippen LogP contribution in [0.4, 0.5) is 0 Å². The molecule has 1 fully saturated rings. The van der Waals surface area contributed by atoms with Crippen LogP contribution in [-0.4, -0.2) is 11.1 Å². The van der Waals surface area contributed by atoms with Crippen LogP contribution in [0.5, 0.6) is 0 Å². The van der Waals surface area contributed by atoms with Crippen LogP contribution in [0.1, 0.15) is 30.4 Å². The van der Waals surface area contributed by atoms with Gasteiger partial charge in [0.05, 0.1) is 5.41 Å². The van der Waals surface area contributed by atoms with Crippen molar-refractivity contribution in [1.82, 2.24) is 0 Å². The third-order valence-electron chi connectivity index (χ3n) is 4.16. The van der Waals surface area contributed by atoms with Gasteiger partial charge in [0.2, 0.25) is 0 Å². The lowest BCUT2D eigenvalue weighted by Crippen LogP contribution is -2.42. The quantitative estimate of drug-likeness (QED) is 0.869. The molecule has 0 spiro atoms. The summed E-state index contributed by atoms with van der Waals surface area (Å²) in [6.07, 6.45) is 2.54. The van der Waals surface area contributed by atoms with E-state index in [9.17, 15) is 9.90 Å². The van der Waals surface area contributed by atoms with Gasteiger partial charge < -0.3 is 5.11 Å². The second-order valence-corrected chi connectivity index (χ2v) is 5.31. The summed E-state index contributed by atoms with van der Waals surface area (Å²) < 4.78 is 0. The molecule has 0 heterocycles. The zero-order chi connectivity index (χ0) is 12.8. The van der Waals surface area contributed by atoms with E-state index in [-0.39, 0.29) is 0 Å². The Balaban J connectivity index is 2.13. The van der Waals surface area contributed by atoms with E-state index < -0.39 is 11.4 Å². The van der Waals surface area contributed by atoms with Gasteiger partial charge in [0.15, 0.2) is 0 Å². The molecule has 0 saturated heterocycles. The topological polar surface area (TPSA) is 37.3 Å².